The van der Waals surface area contributed by atoms with E-state index in [-0.39, 0.29) is 43.0 Å². The fourth-order valence-corrected chi connectivity index (χ4v) is 2.83. The molecule has 2 atom stereocenters. The van der Waals surface area contributed by atoms with Gasteiger partial charge in [-0.15, -0.1) is 12.4 Å². The Morgan fingerprint density at radius 1 is 1.15 bits per heavy atom. The second-order valence-electron chi connectivity index (χ2n) is 5.20. The summed E-state index contributed by atoms with van der Waals surface area (Å²) in [5.74, 6) is -1.09. The third kappa shape index (κ3) is 3.93. The molecule has 20 heavy (non-hydrogen) atoms. The standard InChI is InChI=1S/C13H20N2O4.ClH/c16-11(9-3-1-7-14-9)5-6-12(17)15-8-2-4-10(15)13(18)19;/h9-10,14H,1-8H2,(H,18,19);1H/t9-,10-;/m0./s1. The Kier molecular flexibility index (Phi) is 6.42. The Balaban J connectivity index is 0.00000200. The fraction of sp³-hybridized carbons (Fsp3) is 0.769. The van der Waals surface area contributed by atoms with Gasteiger partial charge in [-0.2, -0.15) is 0 Å². The van der Waals surface area contributed by atoms with Crippen LogP contribution in [0.25, 0.3) is 0 Å². The number of ketones is 1. The van der Waals surface area contributed by atoms with E-state index in [9.17, 15) is 14.4 Å². The van der Waals surface area contributed by atoms with Crippen LogP contribution in [-0.4, -0.2) is 52.8 Å². The average molecular weight is 305 g/mol. The van der Waals surface area contributed by atoms with Crippen molar-refractivity contribution in [3.63, 3.8) is 0 Å². The van der Waals surface area contributed by atoms with E-state index in [2.05, 4.69) is 5.32 Å². The number of carboxylic acids is 1. The molecule has 0 spiro atoms. The number of Topliss-reactive ketones (excluding diaryl/α,β-unsaturated/α-hetero) is 1. The van der Waals surface area contributed by atoms with Crippen LogP contribution in [0.1, 0.15) is 38.5 Å². The van der Waals surface area contributed by atoms with Crippen LogP contribution < -0.4 is 5.32 Å². The molecule has 0 aromatic carbocycles. The quantitative estimate of drug-likeness (QED) is 0.776. The van der Waals surface area contributed by atoms with Crippen molar-refractivity contribution in [2.45, 2.75) is 50.6 Å². The summed E-state index contributed by atoms with van der Waals surface area (Å²) >= 11 is 0. The summed E-state index contributed by atoms with van der Waals surface area (Å²) in [7, 11) is 0. The molecular formula is C13H21ClN2O4. The average Bonchev–Trinajstić information content (AvgIpc) is 3.04. The predicted molar refractivity (Wildman–Crippen MR) is 74.9 cm³/mol. The number of amides is 1. The summed E-state index contributed by atoms with van der Waals surface area (Å²) in [6.07, 6.45) is 3.41. The van der Waals surface area contributed by atoms with Crippen LogP contribution in [0.2, 0.25) is 0 Å². The van der Waals surface area contributed by atoms with Gasteiger partial charge in [-0.05, 0) is 32.2 Å². The summed E-state index contributed by atoms with van der Waals surface area (Å²) in [6, 6.07) is -0.811. The molecule has 0 bridgehead atoms. The number of carboxylic acid groups (broad SMARTS) is 1. The minimum absolute atomic E-state index is 0. The molecule has 114 valence electrons. The lowest BCUT2D eigenvalue weighted by molar-refractivity contribution is -0.148. The van der Waals surface area contributed by atoms with E-state index in [4.69, 9.17) is 5.11 Å². The van der Waals surface area contributed by atoms with Gasteiger partial charge in [0, 0.05) is 19.4 Å². The van der Waals surface area contributed by atoms with Gasteiger partial charge in [0.2, 0.25) is 5.91 Å². The first kappa shape index (κ1) is 16.9. The van der Waals surface area contributed by atoms with Crippen molar-refractivity contribution < 1.29 is 19.5 Å². The second kappa shape index (κ2) is 7.59. The Labute approximate surface area is 124 Å². The monoisotopic (exact) mass is 304 g/mol. The third-order valence-electron chi connectivity index (χ3n) is 3.89. The van der Waals surface area contributed by atoms with Crippen molar-refractivity contribution in [3.05, 3.63) is 0 Å². The highest BCUT2D eigenvalue weighted by Gasteiger charge is 2.34. The van der Waals surface area contributed by atoms with Crippen molar-refractivity contribution in [2.24, 2.45) is 0 Å². The van der Waals surface area contributed by atoms with Crippen LogP contribution >= 0.6 is 12.4 Å². The summed E-state index contributed by atoms with van der Waals surface area (Å²) in [5.41, 5.74) is 0. The van der Waals surface area contributed by atoms with Gasteiger partial charge < -0.3 is 15.3 Å². The molecule has 2 aliphatic heterocycles. The minimum Gasteiger partial charge on any atom is -0.480 e. The van der Waals surface area contributed by atoms with Gasteiger partial charge in [0.05, 0.1) is 6.04 Å². The van der Waals surface area contributed by atoms with Gasteiger partial charge in [-0.1, -0.05) is 0 Å². The number of nitrogens with one attached hydrogen (secondary N) is 1. The van der Waals surface area contributed by atoms with Crippen molar-refractivity contribution in [1.29, 1.82) is 0 Å². The van der Waals surface area contributed by atoms with E-state index in [1.165, 1.54) is 4.90 Å². The summed E-state index contributed by atoms with van der Waals surface area (Å²) in [6.45, 7) is 1.35. The third-order valence-corrected chi connectivity index (χ3v) is 3.89. The number of hydrogen-bond donors (Lipinski definition) is 2. The van der Waals surface area contributed by atoms with Crippen molar-refractivity contribution in [3.8, 4) is 0 Å². The molecule has 0 radical (unpaired) electrons. The highest BCUT2D eigenvalue weighted by atomic mass is 35.5. The zero-order chi connectivity index (χ0) is 13.8. The number of likely N-dealkylation sites (tertiary alicyclic amines) is 1. The van der Waals surface area contributed by atoms with E-state index in [0.717, 1.165) is 25.8 Å². The molecule has 0 aromatic rings. The summed E-state index contributed by atoms with van der Waals surface area (Å²) in [4.78, 5) is 36.2. The number of hydrogen-bond acceptors (Lipinski definition) is 4. The van der Waals surface area contributed by atoms with E-state index < -0.39 is 12.0 Å². The fourth-order valence-electron chi connectivity index (χ4n) is 2.83. The van der Waals surface area contributed by atoms with Gasteiger partial charge in [0.25, 0.3) is 0 Å². The van der Waals surface area contributed by atoms with Gasteiger partial charge in [0.15, 0.2) is 0 Å². The zero-order valence-corrected chi connectivity index (χ0v) is 12.2. The highest BCUT2D eigenvalue weighted by molar-refractivity contribution is 5.90. The molecule has 0 aliphatic carbocycles. The molecule has 1 amide bonds. The van der Waals surface area contributed by atoms with Crippen molar-refractivity contribution in [1.82, 2.24) is 10.2 Å². The van der Waals surface area contributed by atoms with Gasteiger partial charge in [0.1, 0.15) is 11.8 Å². The largest absolute Gasteiger partial charge is 0.480 e. The molecule has 0 aromatic heterocycles. The first-order valence-electron chi connectivity index (χ1n) is 6.88. The van der Waals surface area contributed by atoms with E-state index in [1.807, 2.05) is 0 Å². The normalized spacial score (nSPS) is 25.3. The lowest BCUT2D eigenvalue weighted by Crippen LogP contribution is -2.41. The van der Waals surface area contributed by atoms with E-state index in [0.29, 0.717) is 13.0 Å². The summed E-state index contributed by atoms with van der Waals surface area (Å²) in [5, 5.41) is 12.1. The lowest BCUT2D eigenvalue weighted by Gasteiger charge is -2.21. The maximum atomic E-state index is 12.0. The molecule has 2 saturated heterocycles. The number of aliphatic carboxylic acids is 1. The van der Waals surface area contributed by atoms with E-state index >= 15 is 0 Å². The highest BCUT2D eigenvalue weighted by Crippen LogP contribution is 2.19. The zero-order valence-electron chi connectivity index (χ0n) is 11.3. The number of carbonyl (C=O) groups is 3. The molecule has 2 rings (SSSR count). The lowest BCUT2D eigenvalue weighted by atomic mass is 10.1. The topological polar surface area (TPSA) is 86.7 Å². The molecule has 6 nitrogen and oxygen atoms in total. The van der Waals surface area contributed by atoms with Gasteiger partial charge >= 0.3 is 5.97 Å². The number of halogens is 1. The molecule has 2 heterocycles. The number of rotatable bonds is 5. The minimum atomic E-state index is -0.949. The molecule has 2 fully saturated rings. The van der Waals surface area contributed by atoms with Crippen LogP contribution in [0.5, 0.6) is 0 Å². The van der Waals surface area contributed by atoms with Crippen LogP contribution in [0.4, 0.5) is 0 Å². The maximum Gasteiger partial charge on any atom is 0.326 e. The van der Waals surface area contributed by atoms with E-state index in [1.54, 1.807) is 0 Å². The second-order valence-corrected chi connectivity index (χ2v) is 5.20. The van der Waals surface area contributed by atoms with Crippen LogP contribution in [0.15, 0.2) is 0 Å². The number of nitrogens with zero attached hydrogens (tertiary/aromatic N) is 1. The van der Waals surface area contributed by atoms with Crippen molar-refractivity contribution in [2.75, 3.05) is 13.1 Å². The molecule has 2 aliphatic rings. The Morgan fingerprint density at radius 3 is 2.50 bits per heavy atom. The SMILES string of the molecule is Cl.O=C(CCC(=O)N1CCC[C@H]1C(=O)O)[C@@H]1CCCN1. The van der Waals surface area contributed by atoms with Gasteiger partial charge in [-0.25, -0.2) is 4.79 Å². The Morgan fingerprint density at radius 2 is 1.90 bits per heavy atom. The Bertz CT molecular complexity index is 383. The van der Waals surface area contributed by atoms with Crippen LogP contribution in [0, 0.1) is 0 Å². The van der Waals surface area contributed by atoms with Crippen LogP contribution in [0.3, 0.4) is 0 Å². The summed E-state index contributed by atoms with van der Waals surface area (Å²) < 4.78 is 0. The predicted octanol–water partition coefficient (Wildman–Crippen LogP) is 0.585. The molecule has 0 saturated carbocycles. The molecule has 7 heteroatoms. The first-order chi connectivity index (χ1) is 9.09. The van der Waals surface area contributed by atoms with Gasteiger partial charge in [-0.3, -0.25) is 9.59 Å². The smallest absolute Gasteiger partial charge is 0.326 e. The Hall–Kier alpha value is -1.14. The maximum absolute atomic E-state index is 12.0. The van der Waals surface area contributed by atoms with Crippen molar-refractivity contribution >= 4 is 30.1 Å². The molecular weight excluding hydrogens is 284 g/mol. The van der Waals surface area contributed by atoms with Crippen LogP contribution in [-0.2, 0) is 14.4 Å². The number of carbonyl (C=O) groups excluding carboxylic acids is 2. The molecule has 2 N–H and O–H groups in total. The first-order valence-corrected chi connectivity index (χ1v) is 6.88. The molecule has 0 unspecified atom stereocenters.